The van der Waals surface area contributed by atoms with Crippen LogP contribution in [0.4, 0.5) is 10.1 Å². The smallest absolute Gasteiger partial charge is 0.341 e. The average Bonchev–Trinajstić information content (AvgIpc) is 2.67. The Hall–Kier alpha value is -2.94. The highest BCUT2D eigenvalue weighted by atomic mass is 32.2. The summed E-state index contributed by atoms with van der Waals surface area (Å²) >= 11 is 1.29. The van der Waals surface area contributed by atoms with E-state index in [2.05, 4.69) is 10.3 Å². The van der Waals surface area contributed by atoms with Crippen LogP contribution >= 0.6 is 11.8 Å². The largest absolute Gasteiger partial charge is 0.452 e. The number of pyridine rings is 1. The van der Waals surface area contributed by atoms with Crippen LogP contribution < -0.4 is 5.32 Å². The first-order chi connectivity index (χ1) is 12.9. The molecule has 7 nitrogen and oxygen atoms in total. The molecular weight excluding hydrogens is 373 g/mol. The van der Waals surface area contributed by atoms with Crippen molar-refractivity contribution >= 4 is 35.2 Å². The quantitative estimate of drug-likeness (QED) is 0.575. The van der Waals surface area contributed by atoms with Crippen LogP contribution in [0, 0.1) is 5.82 Å². The van der Waals surface area contributed by atoms with Crippen LogP contribution in [-0.2, 0) is 14.3 Å². The summed E-state index contributed by atoms with van der Waals surface area (Å²) in [6.07, 6.45) is 3.33. The Labute approximate surface area is 159 Å². The molecule has 0 unspecified atom stereocenters. The lowest BCUT2D eigenvalue weighted by atomic mass is 10.3. The number of amides is 2. The van der Waals surface area contributed by atoms with E-state index >= 15 is 0 Å². The molecule has 0 atom stereocenters. The van der Waals surface area contributed by atoms with Crippen LogP contribution in [0.15, 0.2) is 47.6 Å². The van der Waals surface area contributed by atoms with Gasteiger partial charge in [0.1, 0.15) is 10.8 Å². The standard InChI is InChI=1S/C18H18FN3O4S/c1-22(10-15(23)21-13-7-5-12(19)6-8-13)16(24)11-26-18(25)14-4-3-9-20-17(14)27-2/h3-9H,10-11H2,1-2H3,(H,21,23). The van der Waals surface area contributed by atoms with Crippen molar-refractivity contribution < 1.29 is 23.5 Å². The zero-order valence-corrected chi connectivity index (χ0v) is 15.6. The number of carbonyl (C=O) groups excluding carboxylic acids is 3. The number of thioether (sulfide) groups is 1. The fourth-order valence-corrected chi connectivity index (χ4v) is 2.60. The number of ether oxygens (including phenoxy) is 1. The maximum Gasteiger partial charge on any atom is 0.341 e. The number of carbonyl (C=O) groups is 3. The molecule has 0 fully saturated rings. The van der Waals surface area contributed by atoms with Crippen molar-refractivity contribution in [3.05, 3.63) is 54.0 Å². The molecule has 1 heterocycles. The molecule has 0 saturated heterocycles. The summed E-state index contributed by atoms with van der Waals surface area (Å²) < 4.78 is 17.9. The molecule has 27 heavy (non-hydrogen) atoms. The highest BCUT2D eigenvalue weighted by Gasteiger charge is 2.18. The summed E-state index contributed by atoms with van der Waals surface area (Å²) in [7, 11) is 1.41. The van der Waals surface area contributed by atoms with Gasteiger partial charge in [-0.3, -0.25) is 9.59 Å². The number of aromatic nitrogens is 1. The van der Waals surface area contributed by atoms with Gasteiger partial charge in [0.15, 0.2) is 6.61 Å². The molecule has 0 radical (unpaired) electrons. The van der Waals surface area contributed by atoms with Crippen molar-refractivity contribution in [1.82, 2.24) is 9.88 Å². The first-order valence-electron chi connectivity index (χ1n) is 7.86. The van der Waals surface area contributed by atoms with Gasteiger partial charge in [0.2, 0.25) is 5.91 Å². The number of nitrogens with zero attached hydrogens (tertiary/aromatic N) is 2. The maximum atomic E-state index is 12.8. The molecule has 142 valence electrons. The highest BCUT2D eigenvalue weighted by molar-refractivity contribution is 7.98. The Kier molecular flexibility index (Phi) is 7.30. The van der Waals surface area contributed by atoms with Crippen LogP contribution in [0.25, 0.3) is 0 Å². The molecule has 0 bridgehead atoms. The predicted octanol–water partition coefficient (Wildman–Crippen LogP) is 2.20. The summed E-state index contributed by atoms with van der Waals surface area (Å²) in [6.45, 7) is -0.738. The van der Waals surface area contributed by atoms with E-state index < -0.39 is 30.2 Å². The van der Waals surface area contributed by atoms with E-state index in [9.17, 15) is 18.8 Å². The molecule has 0 aliphatic heterocycles. The molecule has 1 aromatic heterocycles. The first kappa shape index (κ1) is 20.4. The van der Waals surface area contributed by atoms with Crippen molar-refractivity contribution in [3.8, 4) is 0 Å². The Bertz CT molecular complexity index is 830. The van der Waals surface area contributed by atoms with Crippen LogP contribution in [0.3, 0.4) is 0 Å². The monoisotopic (exact) mass is 391 g/mol. The highest BCUT2D eigenvalue weighted by Crippen LogP contribution is 2.17. The van der Waals surface area contributed by atoms with Crippen molar-refractivity contribution in [2.45, 2.75) is 5.03 Å². The molecule has 0 saturated carbocycles. The van der Waals surface area contributed by atoms with Gasteiger partial charge in [-0.2, -0.15) is 0 Å². The Morgan fingerprint density at radius 3 is 2.59 bits per heavy atom. The summed E-state index contributed by atoms with van der Waals surface area (Å²) in [6, 6.07) is 8.41. The minimum absolute atomic E-state index is 0.239. The third-order valence-corrected chi connectivity index (χ3v) is 4.16. The average molecular weight is 391 g/mol. The van der Waals surface area contributed by atoms with Crippen molar-refractivity contribution in [2.75, 3.05) is 31.8 Å². The van der Waals surface area contributed by atoms with E-state index in [0.29, 0.717) is 10.7 Å². The molecule has 2 aromatic rings. The minimum Gasteiger partial charge on any atom is -0.452 e. The maximum absolute atomic E-state index is 12.8. The Morgan fingerprint density at radius 1 is 1.22 bits per heavy atom. The number of anilines is 1. The first-order valence-corrected chi connectivity index (χ1v) is 9.08. The topological polar surface area (TPSA) is 88.6 Å². The van der Waals surface area contributed by atoms with Crippen molar-refractivity contribution in [1.29, 1.82) is 0 Å². The third kappa shape index (κ3) is 6.07. The van der Waals surface area contributed by atoms with Gasteiger partial charge in [0.25, 0.3) is 5.91 Å². The van der Waals surface area contributed by atoms with Gasteiger partial charge >= 0.3 is 5.97 Å². The molecule has 1 aromatic carbocycles. The zero-order chi connectivity index (χ0) is 19.8. The van der Waals surface area contributed by atoms with Crippen LogP contribution in [-0.4, -0.2) is 54.1 Å². The minimum atomic E-state index is -0.662. The number of hydrogen-bond acceptors (Lipinski definition) is 6. The molecule has 0 spiro atoms. The third-order valence-electron chi connectivity index (χ3n) is 3.45. The molecule has 9 heteroatoms. The molecule has 2 amide bonds. The van der Waals surface area contributed by atoms with Crippen LogP contribution in [0.1, 0.15) is 10.4 Å². The Morgan fingerprint density at radius 2 is 1.93 bits per heavy atom. The Balaban J connectivity index is 1.83. The van der Waals surface area contributed by atoms with E-state index in [0.717, 1.165) is 4.90 Å². The van der Waals surface area contributed by atoms with Gasteiger partial charge in [-0.15, -0.1) is 11.8 Å². The number of hydrogen-bond donors (Lipinski definition) is 1. The molecular formula is C18H18FN3O4S. The van der Waals surface area contributed by atoms with E-state index in [-0.39, 0.29) is 12.1 Å². The lowest BCUT2D eigenvalue weighted by Gasteiger charge is -2.17. The lowest BCUT2D eigenvalue weighted by molar-refractivity contribution is -0.136. The summed E-state index contributed by atoms with van der Waals surface area (Å²) in [5.41, 5.74) is 0.685. The normalized spacial score (nSPS) is 10.2. The van der Waals surface area contributed by atoms with Gasteiger partial charge in [0.05, 0.1) is 12.1 Å². The lowest BCUT2D eigenvalue weighted by Crippen LogP contribution is -2.37. The second-order valence-electron chi connectivity index (χ2n) is 5.44. The summed E-state index contributed by atoms with van der Waals surface area (Å²) in [4.78, 5) is 41.3. The fraction of sp³-hybridized carbons (Fsp3) is 0.222. The predicted molar refractivity (Wildman–Crippen MR) is 99.0 cm³/mol. The molecule has 2 rings (SSSR count). The van der Waals surface area contributed by atoms with Gasteiger partial charge in [-0.25, -0.2) is 14.2 Å². The molecule has 1 N–H and O–H groups in total. The SMILES string of the molecule is CSc1ncccc1C(=O)OCC(=O)N(C)CC(=O)Nc1ccc(F)cc1. The van der Waals surface area contributed by atoms with E-state index in [4.69, 9.17) is 4.74 Å². The summed E-state index contributed by atoms with van der Waals surface area (Å²) in [5.74, 6) is -2.07. The number of nitrogens with one attached hydrogen (secondary N) is 1. The van der Waals surface area contributed by atoms with Crippen molar-refractivity contribution in [3.63, 3.8) is 0 Å². The van der Waals surface area contributed by atoms with E-state index in [1.165, 1.54) is 43.1 Å². The molecule has 0 aliphatic carbocycles. The number of likely N-dealkylation sites (N-methyl/N-ethyl adjacent to an activating group) is 1. The fourth-order valence-electron chi connectivity index (χ4n) is 2.06. The number of rotatable bonds is 7. The van der Waals surface area contributed by atoms with Gasteiger partial charge < -0.3 is 15.0 Å². The second-order valence-corrected chi connectivity index (χ2v) is 6.24. The van der Waals surface area contributed by atoms with E-state index in [1.807, 2.05) is 0 Å². The zero-order valence-electron chi connectivity index (χ0n) is 14.8. The van der Waals surface area contributed by atoms with E-state index in [1.54, 1.807) is 24.6 Å². The van der Waals surface area contributed by atoms with Crippen LogP contribution in [0.5, 0.6) is 0 Å². The second kappa shape index (κ2) is 9.67. The van der Waals surface area contributed by atoms with Crippen molar-refractivity contribution in [2.24, 2.45) is 0 Å². The summed E-state index contributed by atoms with van der Waals surface area (Å²) in [5, 5.41) is 3.04. The molecule has 0 aliphatic rings. The number of esters is 1. The van der Waals surface area contributed by atoms with Crippen LogP contribution in [0.2, 0.25) is 0 Å². The van der Waals surface area contributed by atoms with Gasteiger partial charge in [-0.05, 0) is 42.7 Å². The van der Waals surface area contributed by atoms with Gasteiger partial charge in [0, 0.05) is 18.9 Å². The number of benzene rings is 1. The van der Waals surface area contributed by atoms with Gasteiger partial charge in [-0.1, -0.05) is 0 Å². The number of halogens is 1.